The van der Waals surface area contributed by atoms with E-state index in [-0.39, 0.29) is 6.03 Å². The van der Waals surface area contributed by atoms with Gasteiger partial charge in [-0.15, -0.1) is 0 Å². The van der Waals surface area contributed by atoms with Gasteiger partial charge < -0.3 is 19.1 Å². The van der Waals surface area contributed by atoms with Crippen LogP contribution in [-0.4, -0.2) is 60.1 Å². The van der Waals surface area contributed by atoms with E-state index in [1.807, 2.05) is 35.8 Å². The zero-order chi connectivity index (χ0) is 16.4. The number of rotatable bonds is 3. The van der Waals surface area contributed by atoms with Gasteiger partial charge in [0.15, 0.2) is 5.58 Å². The molecule has 2 aromatic rings. The molecule has 3 rings (SSSR count). The van der Waals surface area contributed by atoms with Crippen molar-refractivity contribution in [3.63, 3.8) is 0 Å². The molecule has 1 aromatic heterocycles. The summed E-state index contributed by atoms with van der Waals surface area (Å²) in [5.74, 6) is -0.438. The van der Waals surface area contributed by atoms with Crippen LogP contribution in [-0.2, 0) is 0 Å². The smallest absolute Gasteiger partial charge is 0.408 e. The van der Waals surface area contributed by atoms with Gasteiger partial charge in [0.05, 0.1) is 5.52 Å². The maximum Gasteiger partial charge on any atom is 0.417 e. The molecule has 23 heavy (non-hydrogen) atoms. The van der Waals surface area contributed by atoms with Crippen molar-refractivity contribution in [1.29, 1.82) is 0 Å². The number of aromatic nitrogens is 1. The highest BCUT2D eigenvalue weighted by Crippen LogP contribution is 2.21. The molecule has 0 bridgehead atoms. The highest BCUT2D eigenvalue weighted by molar-refractivity contribution is 5.78. The lowest BCUT2D eigenvalue weighted by molar-refractivity contribution is 0.154. The van der Waals surface area contributed by atoms with Gasteiger partial charge in [-0.3, -0.25) is 4.98 Å². The Labute approximate surface area is 134 Å². The molecule has 1 fully saturated rings. The van der Waals surface area contributed by atoms with Crippen molar-refractivity contribution in [2.24, 2.45) is 0 Å². The van der Waals surface area contributed by atoms with E-state index in [2.05, 4.69) is 9.88 Å². The number of piperazine rings is 1. The molecule has 2 heterocycles. The van der Waals surface area contributed by atoms with Crippen LogP contribution in [0.25, 0.3) is 11.1 Å². The predicted molar refractivity (Wildman–Crippen MR) is 88.9 cm³/mol. The average Bonchev–Trinajstić information content (AvgIpc) is 2.95. The number of oxazole rings is 1. The fourth-order valence-corrected chi connectivity index (χ4v) is 2.99. The second-order valence-corrected chi connectivity index (χ2v) is 5.62. The number of H-pyrrole nitrogens is 1. The number of carbonyl (C=O) groups excluding carboxylic acids is 1. The molecular formula is C16H22N4O3. The standard InChI is InChI=1S/C16H22N4O3/c1-3-18(4-2)16(22)20-9-7-19(8-10-20)12-5-6-14-13(11-12)17-15(21)23-14/h5-6,11H,3-4,7-10H2,1-2H3,(H,17,21). The SMILES string of the molecule is CCN(CC)C(=O)N1CCN(c2ccc3oc(=O)[nH]c3c2)CC1. The van der Waals surface area contributed by atoms with Crippen LogP contribution in [0.1, 0.15) is 13.8 Å². The normalized spacial score (nSPS) is 15.2. The van der Waals surface area contributed by atoms with E-state index < -0.39 is 5.76 Å². The molecule has 1 saturated heterocycles. The van der Waals surface area contributed by atoms with Gasteiger partial charge >= 0.3 is 11.8 Å². The van der Waals surface area contributed by atoms with E-state index in [4.69, 9.17) is 4.42 Å². The molecule has 1 aliphatic rings. The van der Waals surface area contributed by atoms with Gasteiger partial charge in [-0.05, 0) is 32.0 Å². The first-order valence-electron chi connectivity index (χ1n) is 8.04. The highest BCUT2D eigenvalue weighted by Gasteiger charge is 2.24. The molecule has 7 nitrogen and oxygen atoms in total. The van der Waals surface area contributed by atoms with Crippen LogP contribution in [0.4, 0.5) is 10.5 Å². The lowest BCUT2D eigenvalue weighted by Gasteiger charge is -2.38. The molecule has 0 radical (unpaired) electrons. The Morgan fingerprint density at radius 1 is 1.22 bits per heavy atom. The monoisotopic (exact) mass is 318 g/mol. The summed E-state index contributed by atoms with van der Waals surface area (Å²) in [5, 5.41) is 0. The summed E-state index contributed by atoms with van der Waals surface area (Å²) in [6.07, 6.45) is 0. The number of urea groups is 1. The fraction of sp³-hybridized carbons (Fsp3) is 0.500. The second kappa shape index (κ2) is 6.36. The Morgan fingerprint density at radius 2 is 1.91 bits per heavy atom. The number of nitrogens with zero attached hydrogens (tertiary/aromatic N) is 3. The van der Waals surface area contributed by atoms with Crippen LogP contribution >= 0.6 is 0 Å². The van der Waals surface area contributed by atoms with E-state index >= 15 is 0 Å². The van der Waals surface area contributed by atoms with Crippen LogP contribution in [0, 0.1) is 0 Å². The van der Waals surface area contributed by atoms with Gasteiger partial charge in [0.1, 0.15) is 0 Å². The van der Waals surface area contributed by atoms with Crippen molar-refractivity contribution in [3.05, 3.63) is 28.7 Å². The summed E-state index contributed by atoms with van der Waals surface area (Å²) < 4.78 is 5.02. The van der Waals surface area contributed by atoms with Gasteiger partial charge in [0.25, 0.3) is 0 Å². The summed E-state index contributed by atoms with van der Waals surface area (Å²) in [5.41, 5.74) is 2.30. The summed E-state index contributed by atoms with van der Waals surface area (Å²) >= 11 is 0. The minimum Gasteiger partial charge on any atom is -0.408 e. The minimum absolute atomic E-state index is 0.115. The minimum atomic E-state index is -0.438. The van der Waals surface area contributed by atoms with E-state index in [1.165, 1.54) is 0 Å². The van der Waals surface area contributed by atoms with Crippen molar-refractivity contribution < 1.29 is 9.21 Å². The van der Waals surface area contributed by atoms with Gasteiger partial charge in [-0.2, -0.15) is 0 Å². The van der Waals surface area contributed by atoms with Crippen molar-refractivity contribution in [1.82, 2.24) is 14.8 Å². The molecule has 0 aliphatic carbocycles. The largest absolute Gasteiger partial charge is 0.417 e. The molecule has 124 valence electrons. The van der Waals surface area contributed by atoms with Crippen molar-refractivity contribution in [3.8, 4) is 0 Å². The maximum absolute atomic E-state index is 12.4. The second-order valence-electron chi connectivity index (χ2n) is 5.62. The summed E-state index contributed by atoms with van der Waals surface area (Å²) in [4.78, 5) is 32.2. The summed E-state index contributed by atoms with van der Waals surface area (Å²) in [6.45, 7) is 8.43. The van der Waals surface area contributed by atoms with Crippen LogP contribution < -0.4 is 10.7 Å². The number of nitrogens with one attached hydrogen (secondary N) is 1. The topological polar surface area (TPSA) is 72.8 Å². The first-order valence-corrected chi connectivity index (χ1v) is 8.04. The molecule has 7 heteroatoms. The van der Waals surface area contributed by atoms with Crippen LogP contribution in [0.2, 0.25) is 0 Å². The third-order valence-corrected chi connectivity index (χ3v) is 4.35. The molecule has 1 aromatic carbocycles. The van der Waals surface area contributed by atoms with E-state index in [0.29, 0.717) is 24.2 Å². The first-order chi connectivity index (χ1) is 11.1. The molecule has 0 unspecified atom stereocenters. The van der Waals surface area contributed by atoms with E-state index in [9.17, 15) is 9.59 Å². The maximum atomic E-state index is 12.4. The van der Waals surface area contributed by atoms with Crippen molar-refractivity contribution in [2.45, 2.75) is 13.8 Å². The molecule has 0 spiro atoms. The van der Waals surface area contributed by atoms with Gasteiger partial charge in [0, 0.05) is 45.0 Å². The number of fused-ring (bicyclic) bond motifs is 1. The average molecular weight is 318 g/mol. The zero-order valence-electron chi connectivity index (χ0n) is 13.5. The summed E-state index contributed by atoms with van der Waals surface area (Å²) in [7, 11) is 0. The van der Waals surface area contributed by atoms with Gasteiger partial charge in [-0.1, -0.05) is 0 Å². The quantitative estimate of drug-likeness (QED) is 0.935. The third kappa shape index (κ3) is 3.04. The Bertz CT molecular complexity index is 739. The molecular weight excluding hydrogens is 296 g/mol. The Hall–Kier alpha value is -2.44. The third-order valence-electron chi connectivity index (χ3n) is 4.35. The number of hydrogen-bond donors (Lipinski definition) is 1. The molecule has 2 amide bonds. The van der Waals surface area contributed by atoms with Gasteiger partial charge in [0.2, 0.25) is 0 Å². The molecule has 0 saturated carbocycles. The Balaban J connectivity index is 1.68. The number of benzene rings is 1. The van der Waals surface area contributed by atoms with Crippen LogP contribution in [0.3, 0.4) is 0 Å². The molecule has 1 N–H and O–H groups in total. The molecule has 0 atom stereocenters. The van der Waals surface area contributed by atoms with Crippen molar-refractivity contribution >= 4 is 22.8 Å². The summed E-state index contributed by atoms with van der Waals surface area (Å²) in [6, 6.07) is 5.78. The lowest BCUT2D eigenvalue weighted by Crippen LogP contribution is -2.52. The van der Waals surface area contributed by atoms with E-state index in [1.54, 1.807) is 6.07 Å². The Morgan fingerprint density at radius 3 is 2.57 bits per heavy atom. The zero-order valence-corrected chi connectivity index (χ0v) is 13.5. The van der Waals surface area contributed by atoms with Crippen molar-refractivity contribution in [2.75, 3.05) is 44.2 Å². The predicted octanol–water partition coefficient (Wildman–Crippen LogP) is 1.70. The lowest BCUT2D eigenvalue weighted by atomic mass is 10.2. The Kier molecular flexibility index (Phi) is 4.27. The van der Waals surface area contributed by atoms with E-state index in [0.717, 1.165) is 31.9 Å². The van der Waals surface area contributed by atoms with Gasteiger partial charge in [-0.25, -0.2) is 9.59 Å². The van der Waals surface area contributed by atoms with Crippen LogP contribution in [0.15, 0.2) is 27.4 Å². The number of hydrogen-bond acceptors (Lipinski definition) is 4. The highest BCUT2D eigenvalue weighted by atomic mass is 16.4. The number of anilines is 1. The number of amides is 2. The first kappa shape index (κ1) is 15.5. The number of carbonyl (C=O) groups is 1. The van der Waals surface area contributed by atoms with Crippen LogP contribution in [0.5, 0.6) is 0 Å². The fourth-order valence-electron chi connectivity index (χ4n) is 2.99. The number of aromatic amines is 1. The molecule has 1 aliphatic heterocycles.